The molecule has 2 aromatic rings. The summed E-state index contributed by atoms with van der Waals surface area (Å²) in [5.41, 5.74) is -0.712. The van der Waals surface area contributed by atoms with Crippen LogP contribution in [0.1, 0.15) is 11.3 Å². The first-order valence-electron chi connectivity index (χ1n) is 5.32. The van der Waals surface area contributed by atoms with Crippen molar-refractivity contribution in [3.63, 3.8) is 0 Å². The number of benzene rings is 1. The third-order valence-electron chi connectivity index (χ3n) is 2.53. The minimum absolute atomic E-state index is 0.254. The van der Waals surface area contributed by atoms with Crippen LogP contribution in [-0.2, 0) is 12.3 Å². The second-order valence-corrected chi connectivity index (χ2v) is 4.89. The standard InChI is InChI=1S/C13H8BrF4N/c14-9-2-4-12(19-7-9)13(17,18)6-8-1-3-10(15)5-11(8)16/h1-5,7H,6H2. The average Bonchev–Trinajstić information content (AvgIpc) is 2.33. The molecule has 19 heavy (non-hydrogen) atoms. The van der Waals surface area contributed by atoms with Gasteiger partial charge in [-0.25, -0.2) is 8.78 Å². The summed E-state index contributed by atoms with van der Waals surface area (Å²) in [4.78, 5) is 3.60. The molecule has 1 aromatic heterocycles. The van der Waals surface area contributed by atoms with Crippen molar-refractivity contribution >= 4 is 15.9 Å². The molecule has 0 spiro atoms. The molecular formula is C13H8BrF4N. The van der Waals surface area contributed by atoms with Crippen molar-refractivity contribution in [2.24, 2.45) is 0 Å². The summed E-state index contributed by atoms with van der Waals surface area (Å²) in [7, 11) is 0. The Bertz CT molecular complexity index is 584. The highest BCUT2D eigenvalue weighted by Crippen LogP contribution is 2.31. The molecule has 0 bridgehead atoms. The lowest BCUT2D eigenvalue weighted by molar-refractivity contribution is -0.00917. The topological polar surface area (TPSA) is 12.9 Å². The molecule has 0 aliphatic carbocycles. The van der Waals surface area contributed by atoms with E-state index in [0.29, 0.717) is 10.5 Å². The highest BCUT2D eigenvalue weighted by Gasteiger charge is 2.34. The SMILES string of the molecule is Fc1ccc(CC(F)(F)c2ccc(Br)cn2)c(F)c1. The van der Waals surface area contributed by atoms with Gasteiger partial charge in [0.15, 0.2) is 0 Å². The highest BCUT2D eigenvalue weighted by molar-refractivity contribution is 9.10. The molecule has 0 unspecified atom stereocenters. The number of hydrogen-bond acceptors (Lipinski definition) is 1. The lowest BCUT2D eigenvalue weighted by atomic mass is 10.0. The molecule has 6 heteroatoms. The molecule has 0 saturated heterocycles. The Morgan fingerprint density at radius 3 is 2.42 bits per heavy atom. The summed E-state index contributed by atoms with van der Waals surface area (Å²) in [6.45, 7) is 0. The van der Waals surface area contributed by atoms with Crippen molar-refractivity contribution in [3.05, 3.63) is 63.9 Å². The van der Waals surface area contributed by atoms with Gasteiger partial charge in [-0.2, -0.15) is 8.78 Å². The van der Waals surface area contributed by atoms with Crippen molar-refractivity contribution < 1.29 is 17.6 Å². The zero-order valence-electron chi connectivity index (χ0n) is 9.51. The van der Waals surface area contributed by atoms with E-state index >= 15 is 0 Å². The number of nitrogens with zero attached hydrogens (tertiary/aromatic N) is 1. The van der Waals surface area contributed by atoms with E-state index in [1.807, 2.05) is 0 Å². The maximum absolute atomic E-state index is 13.9. The first kappa shape index (κ1) is 14.0. The Labute approximate surface area is 115 Å². The zero-order valence-corrected chi connectivity index (χ0v) is 11.1. The maximum atomic E-state index is 13.9. The second-order valence-electron chi connectivity index (χ2n) is 3.98. The van der Waals surface area contributed by atoms with Crippen LogP contribution in [0, 0.1) is 11.6 Å². The number of aromatic nitrogens is 1. The van der Waals surface area contributed by atoms with Gasteiger partial charge < -0.3 is 0 Å². The van der Waals surface area contributed by atoms with E-state index in [9.17, 15) is 17.6 Å². The summed E-state index contributed by atoms with van der Waals surface area (Å²) in [5, 5.41) is 0. The van der Waals surface area contributed by atoms with Crippen LogP contribution in [-0.4, -0.2) is 4.98 Å². The normalized spacial score (nSPS) is 11.6. The molecular weight excluding hydrogens is 326 g/mol. The smallest absolute Gasteiger partial charge is 0.254 e. The summed E-state index contributed by atoms with van der Waals surface area (Å²) >= 11 is 3.09. The predicted octanol–water partition coefficient (Wildman–Crippen LogP) is 4.46. The van der Waals surface area contributed by atoms with Crippen LogP contribution in [0.5, 0.6) is 0 Å². The lowest BCUT2D eigenvalue weighted by Crippen LogP contribution is -2.19. The van der Waals surface area contributed by atoms with Gasteiger partial charge in [-0.1, -0.05) is 6.07 Å². The van der Waals surface area contributed by atoms with E-state index in [1.54, 1.807) is 0 Å². The third-order valence-corrected chi connectivity index (χ3v) is 3.00. The van der Waals surface area contributed by atoms with E-state index in [0.717, 1.165) is 18.2 Å². The number of hydrogen-bond donors (Lipinski definition) is 0. The van der Waals surface area contributed by atoms with Crippen molar-refractivity contribution in [1.29, 1.82) is 0 Å². The minimum atomic E-state index is -3.32. The molecule has 0 fully saturated rings. The van der Waals surface area contributed by atoms with Crippen molar-refractivity contribution in [2.75, 3.05) is 0 Å². The molecule has 0 N–H and O–H groups in total. The zero-order chi connectivity index (χ0) is 14.0. The summed E-state index contributed by atoms with van der Waals surface area (Å²) < 4.78 is 54.5. The van der Waals surface area contributed by atoms with Crippen LogP contribution in [0.3, 0.4) is 0 Å². The predicted molar refractivity (Wildman–Crippen MR) is 65.9 cm³/mol. The second kappa shape index (κ2) is 5.28. The Balaban J connectivity index is 2.27. The van der Waals surface area contributed by atoms with Crippen LogP contribution in [0.15, 0.2) is 41.0 Å². The molecule has 2 rings (SSSR count). The maximum Gasteiger partial charge on any atom is 0.293 e. The van der Waals surface area contributed by atoms with E-state index in [-0.39, 0.29) is 5.56 Å². The summed E-state index contributed by atoms with van der Waals surface area (Å²) in [5.74, 6) is -5.11. The van der Waals surface area contributed by atoms with Crippen molar-refractivity contribution in [1.82, 2.24) is 4.98 Å². The van der Waals surface area contributed by atoms with Gasteiger partial charge in [0.2, 0.25) is 0 Å². The molecule has 0 atom stereocenters. The number of rotatable bonds is 3. The molecule has 0 amide bonds. The highest BCUT2D eigenvalue weighted by atomic mass is 79.9. The summed E-state index contributed by atoms with van der Waals surface area (Å²) in [6, 6.07) is 5.13. The lowest BCUT2D eigenvalue weighted by Gasteiger charge is -2.16. The Hall–Kier alpha value is -1.43. The average molecular weight is 334 g/mol. The fraction of sp³-hybridized carbons (Fsp3) is 0.154. The van der Waals surface area contributed by atoms with Gasteiger partial charge in [0.05, 0.1) is 0 Å². The van der Waals surface area contributed by atoms with Crippen molar-refractivity contribution in [2.45, 2.75) is 12.3 Å². The minimum Gasteiger partial charge on any atom is -0.254 e. The number of alkyl halides is 2. The molecule has 0 radical (unpaired) electrons. The van der Waals surface area contributed by atoms with Crippen LogP contribution in [0.25, 0.3) is 0 Å². The van der Waals surface area contributed by atoms with Crippen LogP contribution >= 0.6 is 15.9 Å². The molecule has 100 valence electrons. The van der Waals surface area contributed by atoms with Gasteiger partial charge in [-0.3, -0.25) is 4.98 Å². The van der Waals surface area contributed by atoms with E-state index in [4.69, 9.17) is 0 Å². The Morgan fingerprint density at radius 2 is 1.84 bits per heavy atom. The number of pyridine rings is 1. The molecule has 0 aliphatic heterocycles. The van der Waals surface area contributed by atoms with E-state index in [2.05, 4.69) is 20.9 Å². The van der Waals surface area contributed by atoms with Gasteiger partial charge >= 0.3 is 0 Å². The first-order chi connectivity index (χ1) is 8.88. The fourth-order valence-corrected chi connectivity index (χ4v) is 1.82. The Morgan fingerprint density at radius 1 is 1.11 bits per heavy atom. The third kappa shape index (κ3) is 3.32. The molecule has 0 saturated carbocycles. The van der Waals surface area contributed by atoms with Gasteiger partial charge in [-0.15, -0.1) is 0 Å². The van der Waals surface area contributed by atoms with Gasteiger partial charge in [0.1, 0.15) is 17.3 Å². The van der Waals surface area contributed by atoms with Gasteiger partial charge in [0, 0.05) is 23.2 Å². The quantitative estimate of drug-likeness (QED) is 0.756. The van der Waals surface area contributed by atoms with Crippen LogP contribution in [0.4, 0.5) is 17.6 Å². The molecule has 0 aliphatic rings. The van der Waals surface area contributed by atoms with Crippen LogP contribution in [0.2, 0.25) is 0 Å². The monoisotopic (exact) mass is 333 g/mol. The largest absolute Gasteiger partial charge is 0.293 e. The Kier molecular flexibility index (Phi) is 3.89. The van der Waals surface area contributed by atoms with E-state index < -0.39 is 29.7 Å². The van der Waals surface area contributed by atoms with E-state index in [1.165, 1.54) is 12.3 Å². The number of halogens is 5. The van der Waals surface area contributed by atoms with Gasteiger partial charge in [-0.05, 0) is 39.7 Å². The van der Waals surface area contributed by atoms with Crippen molar-refractivity contribution in [3.8, 4) is 0 Å². The first-order valence-corrected chi connectivity index (χ1v) is 6.11. The van der Waals surface area contributed by atoms with Crippen LogP contribution < -0.4 is 0 Å². The molecule has 1 aromatic carbocycles. The summed E-state index contributed by atoms with van der Waals surface area (Å²) in [6.07, 6.45) is 0.373. The fourth-order valence-electron chi connectivity index (χ4n) is 1.59. The van der Waals surface area contributed by atoms with Gasteiger partial charge in [0.25, 0.3) is 5.92 Å². The molecule has 1 nitrogen and oxygen atoms in total. The molecule has 1 heterocycles.